The number of aromatic nitrogens is 2. The highest BCUT2D eigenvalue weighted by Gasteiger charge is 2.26. The van der Waals surface area contributed by atoms with Crippen molar-refractivity contribution in [2.45, 2.75) is 36.6 Å². The van der Waals surface area contributed by atoms with Crippen LogP contribution in [0.4, 0.5) is 11.4 Å². The first-order chi connectivity index (χ1) is 17.3. The number of halogens is 1. The SMILES string of the molecule is Cl.NCc1ccc2c(c1)CN(c1c(N)c(=O)c1=O)CC2.O=C(O)c1nc2sc3c(c2c(=O)[nH]1)CCCS3. The van der Waals surface area contributed by atoms with Gasteiger partial charge < -0.3 is 26.5 Å². The molecule has 0 aliphatic carbocycles. The van der Waals surface area contributed by atoms with Crippen LogP contribution >= 0.6 is 35.5 Å². The van der Waals surface area contributed by atoms with Crippen molar-refractivity contribution in [1.29, 1.82) is 0 Å². The van der Waals surface area contributed by atoms with E-state index in [1.807, 2.05) is 11.0 Å². The largest absolute Gasteiger partial charge is 0.475 e. The molecule has 2 aromatic carbocycles. The monoisotopic (exact) mass is 561 g/mol. The van der Waals surface area contributed by atoms with Crippen LogP contribution < -0.4 is 32.8 Å². The molecule has 0 unspecified atom stereocenters. The molecule has 2 aliphatic rings. The molecule has 0 saturated carbocycles. The Morgan fingerprint density at radius 2 is 1.95 bits per heavy atom. The summed E-state index contributed by atoms with van der Waals surface area (Å²) in [6.45, 7) is 1.82. The van der Waals surface area contributed by atoms with Crippen LogP contribution in [0.15, 0.2) is 36.8 Å². The van der Waals surface area contributed by atoms with Crippen molar-refractivity contribution in [3.63, 3.8) is 0 Å². The Labute approximate surface area is 224 Å². The Hall–Kier alpha value is -3.19. The minimum absolute atomic E-state index is 0. The second kappa shape index (κ2) is 10.7. The molecule has 13 heteroatoms. The molecule has 194 valence electrons. The van der Waals surface area contributed by atoms with Crippen LogP contribution in [0.2, 0.25) is 0 Å². The molecule has 0 amide bonds. The molecule has 4 aromatic rings. The fourth-order valence-electron chi connectivity index (χ4n) is 4.54. The molecule has 10 nitrogen and oxygen atoms in total. The van der Waals surface area contributed by atoms with Gasteiger partial charge in [-0.15, -0.1) is 35.5 Å². The first-order valence-electron chi connectivity index (χ1n) is 11.3. The van der Waals surface area contributed by atoms with E-state index in [-0.39, 0.29) is 29.5 Å². The van der Waals surface area contributed by atoms with E-state index >= 15 is 0 Å². The lowest BCUT2D eigenvalue weighted by Crippen LogP contribution is -2.44. The van der Waals surface area contributed by atoms with Gasteiger partial charge in [0.1, 0.15) is 16.2 Å². The molecule has 0 radical (unpaired) electrons. The molecule has 2 aliphatic heterocycles. The standard InChI is InChI=1S/C14H15N3O2.C10H8N2O3S2.ClH/c15-6-8-1-2-9-3-4-17(7-10(9)5-8)12-11(16)13(18)14(12)19;13-7-5-4-2-1-3-16-10(4)17-8(5)12-6(11-7)9(14)15;/h1-2,5H,3-4,6-7,15-16H2;1-3H2,(H,14,15)(H,11,12,13);1H. The Balaban J connectivity index is 0.000000169. The molecule has 0 bridgehead atoms. The summed E-state index contributed by atoms with van der Waals surface area (Å²) in [6, 6.07) is 6.17. The average molecular weight is 562 g/mol. The highest BCUT2D eigenvalue weighted by molar-refractivity contribution is 8.01. The van der Waals surface area contributed by atoms with E-state index in [4.69, 9.17) is 16.6 Å². The zero-order valence-electron chi connectivity index (χ0n) is 19.5. The minimum Gasteiger partial charge on any atom is -0.475 e. The van der Waals surface area contributed by atoms with Gasteiger partial charge in [-0.05, 0) is 47.3 Å². The molecule has 2 aromatic heterocycles. The predicted octanol–water partition coefficient (Wildman–Crippen LogP) is 2.03. The van der Waals surface area contributed by atoms with Gasteiger partial charge >= 0.3 is 5.97 Å². The number of rotatable bonds is 3. The number of carbonyl (C=O) groups is 1. The van der Waals surface area contributed by atoms with Crippen LogP contribution in [-0.2, 0) is 25.9 Å². The number of carboxylic acids is 1. The van der Waals surface area contributed by atoms with Gasteiger partial charge in [-0.25, -0.2) is 9.78 Å². The molecule has 0 atom stereocenters. The first-order valence-corrected chi connectivity index (χ1v) is 13.1. The molecule has 6 rings (SSSR count). The Morgan fingerprint density at radius 3 is 2.65 bits per heavy atom. The van der Waals surface area contributed by atoms with Gasteiger partial charge in [0.15, 0.2) is 0 Å². The number of benzene rings is 1. The maximum atomic E-state index is 11.9. The number of H-pyrrole nitrogens is 1. The number of anilines is 2. The number of aromatic amines is 1. The molecule has 0 fully saturated rings. The summed E-state index contributed by atoms with van der Waals surface area (Å²) in [5.74, 6) is -0.446. The number of carboxylic acid groups (broad SMARTS) is 1. The number of nitrogen functional groups attached to an aromatic ring is 1. The summed E-state index contributed by atoms with van der Waals surface area (Å²) >= 11 is 3.13. The summed E-state index contributed by atoms with van der Waals surface area (Å²) in [4.78, 5) is 54.2. The third-order valence-electron chi connectivity index (χ3n) is 6.39. The zero-order valence-corrected chi connectivity index (χ0v) is 22.0. The molecular weight excluding hydrogens is 538 g/mol. The van der Waals surface area contributed by atoms with Crippen LogP contribution in [0, 0.1) is 0 Å². The van der Waals surface area contributed by atoms with Gasteiger partial charge in [0.05, 0.1) is 9.60 Å². The van der Waals surface area contributed by atoms with Crippen LogP contribution in [0.25, 0.3) is 10.2 Å². The third-order valence-corrected chi connectivity index (χ3v) is 8.91. The number of hydrogen-bond donors (Lipinski definition) is 4. The Bertz CT molecular complexity index is 1640. The predicted molar refractivity (Wildman–Crippen MR) is 148 cm³/mol. The number of hydrogen-bond acceptors (Lipinski definition) is 10. The van der Waals surface area contributed by atoms with Crippen LogP contribution in [0.3, 0.4) is 0 Å². The van der Waals surface area contributed by atoms with Crippen LogP contribution in [0.5, 0.6) is 0 Å². The Morgan fingerprint density at radius 1 is 1.16 bits per heavy atom. The molecular formula is C24H24ClN5O5S2. The van der Waals surface area contributed by atoms with Crippen LogP contribution in [0.1, 0.15) is 39.3 Å². The van der Waals surface area contributed by atoms with Crippen molar-refractivity contribution in [3.05, 3.63) is 77.1 Å². The molecule has 37 heavy (non-hydrogen) atoms. The lowest BCUT2D eigenvalue weighted by molar-refractivity contribution is 0.0683. The summed E-state index contributed by atoms with van der Waals surface area (Å²) in [6.07, 6.45) is 2.77. The fourth-order valence-corrected chi connectivity index (χ4v) is 7.07. The lowest BCUT2D eigenvalue weighted by atomic mass is 9.96. The highest BCUT2D eigenvalue weighted by Crippen LogP contribution is 2.40. The molecule has 6 N–H and O–H groups in total. The smallest absolute Gasteiger partial charge is 0.372 e. The molecule has 0 spiro atoms. The molecule has 4 heterocycles. The number of thioether (sulfide) groups is 1. The van der Waals surface area contributed by atoms with Gasteiger partial charge in [0.25, 0.3) is 16.4 Å². The van der Waals surface area contributed by atoms with E-state index in [0.29, 0.717) is 35.5 Å². The van der Waals surface area contributed by atoms with Crippen molar-refractivity contribution in [3.8, 4) is 0 Å². The number of nitrogens with zero attached hydrogens (tertiary/aromatic N) is 2. The number of fused-ring (bicyclic) bond motifs is 4. The van der Waals surface area contributed by atoms with Gasteiger partial charge in [-0.3, -0.25) is 14.4 Å². The van der Waals surface area contributed by atoms with Gasteiger partial charge in [-0.1, -0.05) is 18.2 Å². The molecule has 0 saturated heterocycles. The summed E-state index contributed by atoms with van der Waals surface area (Å²) in [7, 11) is 0. The van der Waals surface area contributed by atoms with Gasteiger partial charge in [0, 0.05) is 19.6 Å². The zero-order chi connectivity index (χ0) is 25.6. The van der Waals surface area contributed by atoms with E-state index < -0.39 is 16.8 Å². The van der Waals surface area contributed by atoms with Crippen molar-refractivity contribution < 1.29 is 9.90 Å². The van der Waals surface area contributed by atoms with Crippen molar-refractivity contribution in [1.82, 2.24) is 9.97 Å². The summed E-state index contributed by atoms with van der Waals surface area (Å²) < 4.78 is 1.10. The summed E-state index contributed by atoms with van der Waals surface area (Å²) in [5, 5.41) is 9.41. The van der Waals surface area contributed by atoms with Gasteiger partial charge in [0.2, 0.25) is 5.82 Å². The topological polar surface area (TPSA) is 172 Å². The van der Waals surface area contributed by atoms with Crippen molar-refractivity contribution in [2.24, 2.45) is 5.73 Å². The number of nitrogens with two attached hydrogens (primary N) is 2. The lowest BCUT2D eigenvalue weighted by Gasteiger charge is -2.31. The first kappa shape index (κ1) is 26.9. The average Bonchev–Trinajstić information content (AvgIpc) is 3.27. The minimum atomic E-state index is -1.21. The second-order valence-corrected chi connectivity index (χ2v) is 11.0. The number of aryl methyl sites for hydroxylation is 1. The van der Waals surface area contributed by atoms with E-state index in [9.17, 15) is 19.2 Å². The quantitative estimate of drug-likeness (QED) is 0.271. The summed E-state index contributed by atoms with van der Waals surface area (Å²) in [5.41, 5.74) is 14.9. The second-order valence-electron chi connectivity index (χ2n) is 8.62. The van der Waals surface area contributed by atoms with Gasteiger partial charge in [-0.2, -0.15) is 0 Å². The maximum Gasteiger partial charge on any atom is 0.372 e. The number of nitrogens with one attached hydrogen (secondary N) is 1. The maximum absolute atomic E-state index is 11.9. The number of aromatic carboxylic acids is 1. The van der Waals surface area contributed by atoms with E-state index in [2.05, 4.69) is 22.1 Å². The van der Waals surface area contributed by atoms with Crippen LogP contribution in [-0.4, -0.2) is 33.3 Å². The fraction of sp³-hybridized carbons (Fsp3) is 0.292. The number of thiophene rings is 1. The van der Waals surface area contributed by atoms with E-state index in [1.165, 1.54) is 16.9 Å². The normalized spacial score (nSPS) is 14.4. The van der Waals surface area contributed by atoms with Crippen molar-refractivity contribution in [2.75, 3.05) is 22.9 Å². The van der Waals surface area contributed by atoms with Crippen molar-refractivity contribution >= 4 is 63.1 Å². The highest BCUT2D eigenvalue weighted by atomic mass is 35.5. The Kier molecular flexibility index (Phi) is 7.74. The third kappa shape index (κ3) is 4.89. The van der Waals surface area contributed by atoms with E-state index in [1.54, 1.807) is 11.8 Å². The van der Waals surface area contributed by atoms with E-state index in [0.717, 1.165) is 45.9 Å².